The Labute approximate surface area is 96.0 Å². The number of pyridine rings is 1. The maximum absolute atomic E-state index is 5.49. The fourth-order valence-corrected chi connectivity index (χ4v) is 1.33. The van der Waals surface area contributed by atoms with Gasteiger partial charge in [-0.05, 0) is 20.8 Å². The van der Waals surface area contributed by atoms with E-state index in [-0.39, 0.29) is 6.10 Å². The molecule has 0 aliphatic heterocycles. The molecule has 0 bridgehead atoms. The van der Waals surface area contributed by atoms with Crippen LogP contribution in [0.5, 0.6) is 5.88 Å². The van der Waals surface area contributed by atoms with Gasteiger partial charge in [0.05, 0.1) is 12.3 Å². The molecule has 0 fully saturated rings. The van der Waals surface area contributed by atoms with Gasteiger partial charge in [0.15, 0.2) is 0 Å². The Morgan fingerprint density at radius 3 is 2.62 bits per heavy atom. The number of hydrogen-bond donors (Lipinski definition) is 1. The molecule has 0 aliphatic carbocycles. The van der Waals surface area contributed by atoms with Gasteiger partial charge in [0.25, 0.3) is 0 Å². The van der Waals surface area contributed by atoms with Crippen molar-refractivity contribution in [1.29, 1.82) is 0 Å². The van der Waals surface area contributed by atoms with Crippen LogP contribution in [0.1, 0.15) is 33.4 Å². The maximum Gasteiger partial charge on any atom is 0.214 e. The number of ether oxygens (including phenoxy) is 1. The lowest BCUT2D eigenvalue weighted by molar-refractivity contribution is 0.233. The van der Waals surface area contributed by atoms with Crippen LogP contribution in [0.15, 0.2) is 12.3 Å². The van der Waals surface area contributed by atoms with Gasteiger partial charge in [-0.3, -0.25) is 5.10 Å². The summed E-state index contributed by atoms with van der Waals surface area (Å²) < 4.78 is 5.49. The minimum absolute atomic E-state index is 0.146. The largest absolute Gasteiger partial charge is 0.475 e. The van der Waals surface area contributed by atoms with Crippen molar-refractivity contribution in [3.05, 3.63) is 18.0 Å². The summed E-state index contributed by atoms with van der Waals surface area (Å²) in [7, 11) is 0. The molecule has 16 heavy (non-hydrogen) atoms. The Hall–Kier alpha value is -1.58. The summed E-state index contributed by atoms with van der Waals surface area (Å²) in [5.41, 5.74) is 1.91. The number of nitrogens with zero attached hydrogens (tertiary/aromatic N) is 2. The van der Waals surface area contributed by atoms with Crippen molar-refractivity contribution in [2.24, 2.45) is 0 Å². The number of hydrogen-bond acceptors (Lipinski definition) is 3. The lowest BCUT2D eigenvalue weighted by Crippen LogP contribution is -2.06. The molecule has 0 saturated carbocycles. The molecule has 0 atom stereocenters. The Bertz CT molecular complexity index is 448. The molecule has 88 valence electrons. The van der Waals surface area contributed by atoms with E-state index in [4.69, 9.17) is 4.74 Å². The third kappa shape index (κ3) is 2.72. The first-order valence-electron chi connectivity index (χ1n) is 5.64. The number of aromatic amines is 1. The van der Waals surface area contributed by atoms with E-state index in [9.17, 15) is 0 Å². The zero-order valence-corrected chi connectivity index (χ0v) is 10.5. The third-order valence-corrected chi connectivity index (χ3v) is 1.96. The monoisotopic (exact) mass is 221 g/mol. The molecule has 2 rings (SSSR count). The summed E-state index contributed by atoms with van der Waals surface area (Å²) in [5.74, 6) is 0.650. The van der Waals surface area contributed by atoms with E-state index in [0.29, 0.717) is 5.88 Å². The van der Waals surface area contributed by atoms with Gasteiger partial charge >= 0.3 is 0 Å². The number of rotatable bonds is 2. The van der Waals surface area contributed by atoms with E-state index in [2.05, 4.69) is 15.2 Å². The molecular weight excluding hydrogens is 202 g/mol. The second-order valence-corrected chi connectivity index (χ2v) is 3.55. The van der Waals surface area contributed by atoms with Crippen LogP contribution in [0.25, 0.3) is 10.9 Å². The lowest BCUT2D eigenvalue weighted by atomic mass is 10.2. The second kappa shape index (κ2) is 5.49. The highest BCUT2D eigenvalue weighted by atomic mass is 16.5. The summed E-state index contributed by atoms with van der Waals surface area (Å²) >= 11 is 0. The molecule has 4 heteroatoms. The molecule has 0 aliphatic rings. The number of aryl methyl sites for hydroxylation is 1. The zero-order chi connectivity index (χ0) is 12.1. The Balaban J connectivity index is 0.000000606. The fourth-order valence-electron chi connectivity index (χ4n) is 1.33. The average Bonchev–Trinajstić information content (AvgIpc) is 2.63. The van der Waals surface area contributed by atoms with E-state index in [1.54, 1.807) is 6.20 Å². The summed E-state index contributed by atoms with van der Waals surface area (Å²) in [6, 6.07) is 1.91. The standard InChI is InChI=1S/C10H13N3O.C2H6/c1-6(2)14-10-4-8-7(3)12-13-9(8)5-11-10;1-2/h4-6H,1-3H3,(H,12,13);1-2H3. The molecule has 0 amide bonds. The van der Waals surface area contributed by atoms with E-state index in [1.165, 1.54) is 0 Å². The van der Waals surface area contributed by atoms with Gasteiger partial charge in [-0.1, -0.05) is 13.8 Å². The number of H-pyrrole nitrogens is 1. The second-order valence-electron chi connectivity index (χ2n) is 3.55. The van der Waals surface area contributed by atoms with Crippen molar-refractivity contribution in [2.45, 2.75) is 40.7 Å². The molecule has 0 unspecified atom stereocenters. The predicted octanol–water partition coefficient (Wildman–Crippen LogP) is 3.08. The van der Waals surface area contributed by atoms with Crippen molar-refractivity contribution in [3.63, 3.8) is 0 Å². The molecule has 2 aromatic rings. The summed E-state index contributed by atoms with van der Waals surface area (Å²) in [5, 5.41) is 8.07. The Kier molecular flexibility index (Phi) is 4.28. The normalized spacial score (nSPS) is 10.1. The van der Waals surface area contributed by atoms with E-state index < -0.39 is 0 Å². The van der Waals surface area contributed by atoms with Crippen molar-refractivity contribution in [2.75, 3.05) is 0 Å². The van der Waals surface area contributed by atoms with Gasteiger partial charge in [0.1, 0.15) is 5.52 Å². The first kappa shape index (κ1) is 12.5. The van der Waals surface area contributed by atoms with Crippen LogP contribution < -0.4 is 4.74 Å². The highest BCUT2D eigenvalue weighted by Crippen LogP contribution is 2.19. The van der Waals surface area contributed by atoms with E-state index >= 15 is 0 Å². The smallest absolute Gasteiger partial charge is 0.214 e. The quantitative estimate of drug-likeness (QED) is 0.847. The molecule has 1 N–H and O–H groups in total. The van der Waals surface area contributed by atoms with E-state index in [0.717, 1.165) is 16.6 Å². The van der Waals surface area contributed by atoms with Crippen molar-refractivity contribution in [3.8, 4) is 5.88 Å². The molecule has 0 saturated heterocycles. The molecule has 0 spiro atoms. The minimum atomic E-state index is 0.146. The van der Waals surface area contributed by atoms with Crippen LogP contribution in [-0.2, 0) is 0 Å². The van der Waals surface area contributed by atoms with Crippen LogP contribution in [0.4, 0.5) is 0 Å². The zero-order valence-electron chi connectivity index (χ0n) is 10.5. The third-order valence-electron chi connectivity index (χ3n) is 1.96. The van der Waals surface area contributed by atoms with Gasteiger partial charge in [0.2, 0.25) is 5.88 Å². The number of nitrogens with one attached hydrogen (secondary N) is 1. The summed E-state index contributed by atoms with van der Waals surface area (Å²) in [6.07, 6.45) is 1.86. The van der Waals surface area contributed by atoms with Crippen molar-refractivity contribution in [1.82, 2.24) is 15.2 Å². The highest BCUT2D eigenvalue weighted by molar-refractivity contribution is 5.81. The molecule has 0 radical (unpaired) electrons. The van der Waals surface area contributed by atoms with Crippen LogP contribution in [0.3, 0.4) is 0 Å². The molecule has 2 heterocycles. The number of fused-ring (bicyclic) bond motifs is 1. The average molecular weight is 221 g/mol. The maximum atomic E-state index is 5.49. The topological polar surface area (TPSA) is 50.8 Å². The summed E-state index contributed by atoms with van der Waals surface area (Å²) in [4.78, 5) is 4.16. The Morgan fingerprint density at radius 2 is 2.00 bits per heavy atom. The van der Waals surface area contributed by atoms with Crippen molar-refractivity contribution >= 4 is 10.9 Å². The first-order valence-corrected chi connectivity index (χ1v) is 5.64. The van der Waals surface area contributed by atoms with Gasteiger partial charge in [-0.25, -0.2) is 4.98 Å². The first-order chi connectivity index (χ1) is 7.66. The van der Waals surface area contributed by atoms with Gasteiger partial charge in [0, 0.05) is 17.1 Å². The predicted molar refractivity (Wildman–Crippen MR) is 65.7 cm³/mol. The minimum Gasteiger partial charge on any atom is -0.475 e. The molecule has 4 nitrogen and oxygen atoms in total. The van der Waals surface area contributed by atoms with Gasteiger partial charge in [-0.15, -0.1) is 0 Å². The van der Waals surface area contributed by atoms with Crippen LogP contribution in [-0.4, -0.2) is 21.3 Å². The van der Waals surface area contributed by atoms with Gasteiger partial charge < -0.3 is 4.74 Å². The Morgan fingerprint density at radius 1 is 1.31 bits per heavy atom. The highest BCUT2D eigenvalue weighted by Gasteiger charge is 2.05. The SMILES string of the molecule is CC.Cc1[nH]nc2cnc(OC(C)C)cc12. The van der Waals surface area contributed by atoms with Crippen LogP contribution in [0, 0.1) is 6.92 Å². The molecular formula is C12H19N3O. The molecule has 0 aromatic carbocycles. The van der Waals surface area contributed by atoms with Gasteiger partial charge in [-0.2, -0.15) is 5.10 Å². The number of aromatic nitrogens is 3. The lowest BCUT2D eigenvalue weighted by Gasteiger charge is -2.07. The molecule has 2 aromatic heterocycles. The van der Waals surface area contributed by atoms with Crippen LogP contribution >= 0.6 is 0 Å². The van der Waals surface area contributed by atoms with Crippen molar-refractivity contribution < 1.29 is 4.74 Å². The fraction of sp³-hybridized carbons (Fsp3) is 0.500. The van der Waals surface area contributed by atoms with E-state index in [1.807, 2.05) is 40.7 Å². The van der Waals surface area contributed by atoms with Crippen LogP contribution in [0.2, 0.25) is 0 Å². The summed E-state index contributed by atoms with van der Waals surface area (Å²) in [6.45, 7) is 9.94.